The molecule has 0 spiro atoms. The molecular weight excluding hydrogens is 519 g/mol. The summed E-state index contributed by atoms with van der Waals surface area (Å²) in [6, 6.07) is 16.1. The number of aromatic amines is 1. The van der Waals surface area contributed by atoms with Crippen LogP contribution in [0.15, 0.2) is 54.6 Å². The molecule has 1 amide bonds. The monoisotopic (exact) mass is 554 g/mol. The first-order valence-electron chi connectivity index (χ1n) is 14.3. The molecule has 10 heteroatoms. The van der Waals surface area contributed by atoms with Crippen molar-refractivity contribution < 1.29 is 9.18 Å². The smallest absolute Gasteiger partial charge is 0.258 e. The van der Waals surface area contributed by atoms with E-state index < -0.39 is 11.7 Å². The highest BCUT2D eigenvalue weighted by Gasteiger charge is 2.26. The zero-order valence-electron chi connectivity index (χ0n) is 23.5. The number of nitrogens with one attached hydrogen (secondary N) is 3. The van der Waals surface area contributed by atoms with E-state index in [2.05, 4.69) is 49.7 Å². The summed E-state index contributed by atoms with van der Waals surface area (Å²) in [7, 11) is 0. The number of carbonyl (C=O) groups is 1. The molecule has 1 saturated carbocycles. The Morgan fingerprint density at radius 1 is 1.02 bits per heavy atom. The van der Waals surface area contributed by atoms with Gasteiger partial charge in [-0.15, -0.1) is 0 Å². The van der Waals surface area contributed by atoms with Crippen LogP contribution >= 0.6 is 0 Å². The van der Waals surface area contributed by atoms with Gasteiger partial charge in [0, 0.05) is 67.8 Å². The molecule has 0 unspecified atom stereocenters. The zero-order valence-corrected chi connectivity index (χ0v) is 23.5. The number of amides is 1. The van der Waals surface area contributed by atoms with Crippen LogP contribution in [0.4, 0.5) is 27.7 Å². The van der Waals surface area contributed by atoms with Crippen LogP contribution in [0.3, 0.4) is 0 Å². The number of aryl methyl sites for hydroxylation is 2. The molecule has 1 aliphatic carbocycles. The summed E-state index contributed by atoms with van der Waals surface area (Å²) in [6.07, 6.45) is 3.21. The van der Waals surface area contributed by atoms with E-state index in [0.717, 1.165) is 68.0 Å². The Morgan fingerprint density at radius 2 is 1.83 bits per heavy atom. The number of halogens is 1. The highest BCUT2D eigenvalue weighted by atomic mass is 19.1. The van der Waals surface area contributed by atoms with E-state index in [1.165, 1.54) is 36.2 Å². The molecule has 0 atom stereocenters. The second-order valence-corrected chi connectivity index (χ2v) is 10.8. The number of aromatic nitrogens is 4. The molecule has 2 fully saturated rings. The van der Waals surface area contributed by atoms with Crippen LogP contribution in [-0.4, -0.2) is 57.2 Å². The van der Waals surface area contributed by atoms with Crippen LogP contribution in [0.25, 0.3) is 0 Å². The number of H-pyrrole nitrogens is 1. The lowest BCUT2D eigenvalue weighted by molar-refractivity contribution is 0.102. The van der Waals surface area contributed by atoms with Crippen molar-refractivity contribution in [2.75, 3.05) is 41.7 Å². The average Bonchev–Trinajstić information content (AvgIpc) is 3.72. The molecule has 3 N–H and O–H groups in total. The molecule has 2 aromatic carbocycles. The normalized spacial score (nSPS) is 15.6. The maximum absolute atomic E-state index is 14.1. The predicted molar refractivity (Wildman–Crippen MR) is 158 cm³/mol. The Morgan fingerprint density at radius 3 is 2.59 bits per heavy atom. The predicted octanol–water partition coefficient (Wildman–Crippen LogP) is 5.41. The number of rotatable bonds is 9. The highest BCUT2D eigenvalue weighted by molar-refractivity contribution is 6.04. The number of piperazine rings is 1. The van der Waals surface area contributed by atoms with Crippen LogP contribution in [-0.2, 0) is 13.0 Å². The number of benzene rings is 2. The van der Waals surface area contributed by atoms with Gasteiger partial charge in [0.05, 0.1) is 5.56 Å². The molecular formula is C31H35FN8O. The quantitative estimate of drug-likeness (QED) is 0.254. The molecule has 1 saturated heterocycles. The average molecular weight is 555 g/mol. The van der Waals surface area contributed by atoms with Crippen LogP contribution in [0.1, 0.15) is 58.6 Å². The Labute approximate surface area is 239 Å². The van der Waals surface area contributed by atoms with Crippen molar-refractivity contribution in [3.63, 3.8) is 0 Å². The molecule has 4 aromatic rings. The molecule has 2 aliphatic rings. The zero-order chi connectivity index (χ0) is 28.3. The van der Waals surface area contributed by atoms with E-state index in [4.69, 9.17) is 9.97 Å². The Balaban J connectivity index is 1.06. The van der Waals surface area contributed by atoms with Crippen molar-refractivity contribution in [3.05, 3.63) is 88.5 Å². The number of nitrogens with zero attached hydrogens (tertiary/aromatic N) is 5. The molecule has 41 heavy (non-hydrogen) atoms. The van der Waals surface area contributed by atoms with Crippen LogP contribution in [0, 0.1) is 12.7 Å². The van der Waals surface area contributed by atoms with E-state index in [1.807, 2.05) is 25.1 Å². The first kappa shape index (κ1) is 26.9. The third-order valence-electron chi connectivity index (χ3n) is 7.69. The van der Waals surface area contributed by atoms with E-state index in [9.17, 15) is 9.18 Å². The molecule has 9 nitrogen and oxygen atoms in total. The summed E-state index contributed by atoms with van der Waals surface area (Å²) in [4.78, 5) is 26.8. The van der Waals surface area contributed by atoms with E-state index >= 15 is 0 Å². The topological polar surface area (TPSA) is 102 Å². The Bertz CT molecular complexity index is 1540. The van der Waals surface area contributed by atoms with Gasteiger partial charge in [-0.05, 0) is 55.5 Å². The molecule has 2 aromatic heterocycles. The molecule has 212 valence electrons. The van der Waals surface area contributed by atoms with Gasteiger partial charge < -0.3 is 15.5 Å². The van der Waals surface area contributed by atoms with Gasteiger partial charge in [0.25, 0.3) is 5.91 Å². The minimum Gasteiger partial charge on any atom is -0.338 e. The third-order valence-corrected chi connectivity index (χ3v) is 7.69. The Hall–Kier alpha value is -4.31. The summed E-state index contributed by atoms with van der Waals surface area (Å²) < 4.78 is 14.1. The van der Waals surface area contributed by atoms with Crippen molar-refractivity contribution in [2.24, 2.45) is 0 Å². The second kappa shape index (κ2) is 11.7. The number of anilines is 4. The van der Waals surface area contributed by atoms with Crippen molar-refractivity contribution in [2.45, 2.75) is 45.6 Å². The fourth-order valence-electron chi connectivity index (χ4n) is 5.25. The van der Waals surface area contributed by atoms with Crippen LogP contribution < -0.4 is 15.5 Å². The van der Waals surface area contributed by atoms with Gasteiger partial charge in [-0.3, -0.25) is 14.8 Å². The molecule has 6 rings (SSSR count). The van der Waals surface area contributed by atoms with Gasteiger partial charge in [0.2, 0.25) is 5.95 Å². The molecule has 3 heterocycles. The van der Waals surface area contributed by atoms with Crippen molar-refractivity contribution >= 4 is 29.2 Å². The van der Waals surface area contributed by atoms with Crippen LogP contribution in [0.5, 0.6) is 0 Å². The van der Waals surface area contributed by atoms with Gasteiger partial charge in [0.15, 0.2) is 5.82 Å². The second-order valence-electron chi connectivity index (χ2n) is 10.8. The molecule has 0 radical (unpaired) electrons. The maximum atomic E-state index is 14.1. The number of carbonyl (C=O) groups excluding carboxylic acids is 1. The van der Waals surface area contributed by atoms with Gasteiger partial charge in [-0.1, -0.05) is 31.2 Å². The largest absolute Gasteiger partial charge is 0.338 e. The van der Waals surface area contributed by atoms with Crippen molar-refractivity contribution in [1.29, 1.82) is 0 Å². The standard InChI is InChI=1S/C31H35FN8O/c1-3-22-17-21(8-11-26(22)34-30(41)24-6-4-5-7-25(24)32)19-39-12-14-40(15-13-39)31-33-20(2)16-28(36-31)35-29-18-27(37-38-29)23-9-10-23/h4-8,11,16-18,23H,3,9-10,12-15,19H2,1-2H3,(H,34,41)(H2,33,35,36,37,38). The fraction of sp³-hybridized carbons (Fsp3) is 0.355. The molecule has 0 bridgehead atoms. The first-order valence-corrected chi connectivity index (χ1v) is 14.3. The summed E-state index contributed by atoms with van der Waals surface area (Å²) in [5.41, 5.74) is 5.06. The lowest BCUT2D eigenvalue weighted by Gasteiger charge is -2.35. The third kappa shape index (κ3) is 6.38. The molecule has 1 aliphatic heterocycles. The SMILES string of the molecule is CCc1cc(CN2CCN(c3nc(C)cc(Nc4cc(C5CC5)[nH]n4)n3)CC2)ccc1NC(=O)c1ccccc1F. The summed E-state index contributed by atoms with van der Waals surface area (Å²) in [5.74, 6) is 1.92. The van der Waals surface area contributed by atoms with Crippen LogP contribution in [0.2, 0.25) is 0 Å². The Kier molecular flexibility index (Phi) is 7.65. The maximum Gasteiger partial charge on any atom is 0.258 e. The van der Waals surface area contributed by atoms with E-state index in [1.54, 1.807) is 12.1 Å². The van der Waals surface area contributed by atoms with E-state index in [0.29, 0.717) is 11.6 Å². The van der Waals surface area contributed by atoms with Gasteiger partial charge in [-0.2, -0.15) is 10.1 Å². The number of hydrogen-bond acceptors (Lipinski definition) is 7. The van der Waals surface area contributed by atoms with Crippen molar-refractivity contribution in [3.8, 4) is 0 Å². The summed E-state index contributed by atoms with van der Waals surface area (Å²) in [5, 5.41) is 13.7. The lowest BCUT2D eigenvalue weighted by atomic mass is 10.0. The highest BCUT2D eigenvalue weighted by Crippen LogP contribution is 2.39. The minimum atomic E-state index is -0.525. The number of hydrogen-bond donors (Lipinski definition) is 3. The van der Waals surface area contributed by atoms with Crippen molar-refractivity contribution in [1.82, 2.24) is 25.1 Å². The first-order chi connectivity index (χ1) is 19.9. The summed E-state index contributed by atoms with van der Waals surface area (Å²) >= 11 is 0. The summed E-state index contributed by atoms with van der Waals surface area (Å²) in [6.45, 7) is 8.28. The van der Waals surface area contributed by atoms with E-state index in [-0.39, 0.29) is 5.56 Å². The lowest BCUT2D eigenvalue weighted by Crippen LogP contribution is -2.46. The minimum absolute atomic E-state index is 0.0424. The van der Waals surface area contributed by atoms with Gasteiger partial charge >= 0.3 is 0 Å². The van der Waals surface area contributed by atoms with Gasteiger partial charge in [0.1, 0.15) is 11.6 Å². The van der Waals surface area contributed by atoms with Gasteiger partial charge in [-0.25, -0.2) is 9.37 Å². The fourth-order valence-corrected chi connectivity index (χ4v) is 5.25.